The van der Waals surface area contributed by atoms with Crippen LogP contribution in [0.15, 0.2) is 30.3 Å². The van der Waals surface area contributed by atoms with E-state index in [1.165, 1.54) is 0 Å². The van der Waals surface area contributed by atoms with Gasteiger partial charge in [0.1, 0.15) is 5.54 Å². The first-order chi connectivity index (χ1) is 13.9. The molecule has 156 valence electrons. The minimum Gasteiger partial charge on any atom is -0.370 e. The fourth-order valence-corrected chi connectivity index (χ4v) is 4.11. The van der Waals surface area contributed by atoms with E-state index in [0.717, 1.165) is 24.3 Å². The van der Waals surface area contributed by atoms with E-state index in [4.69, 9.17) is 5.73 Å². The third-order valence-electron chi connectivity index (χ3n) is 5.66. The molecule has 9 nitrogen and oxygen atoms in total. The maximum atomic E-state index is 13.1. The number of carbonyl (C=O) groups is 4. The lowest BCUT2D eigenvalue weighted by Gasteiger charge is -2.34. The summed E-state index contributed by atoms with van der Waals surface area (Å²) in [5.41, 5.74) is 7.21. The van der Waals surface area contributed by atoms with Gasteiger partial charge in [0.2, 0.25) is 5.91 Å². The molecule has 0 aliphatic carbocycles. The number of hydrazine groups is 1. The molecule has 29 heavy (non-hydrogen) atoms. The topological polar surface area (TPSA) is 125 Å². The molecule has 2 aliphatic heterocycles. The third kappa shape index (κ3) is 4.24. The summed E-state index contributed by atoms with van der Waals surface area (Å²) in [6.45, 7) is 2.45. The summed E-state index contributed by atoms with van der Waals surface area (Å²) < 4.78 is 0. The molecule has 0 bridgehead atoms. The summed E-state index contributed by atoms with van der Waals surface area (Å²) in [6.07, 6.45) is 3.20. The number of amides is 5. The molecule has 2 saturated heterocycles. The molecular formula is C20H27N5O4. The largest absolute Gasteiger partial charge is 0.370 e. The minimum atomic E-state index is -1.20. The second-order valence-corrected chi connectivity index (χ2v) is 7.52. The van der Waals surface area contributed by atoms with Crippen LogP contribution in [0.25, 0.3) is 0 Å². The molecule has 3 rings (SSSR count). The van der Waals surface area contributed by atoms with Gasteiger partial charge in [-0.05, 0) is 31.4 Å². The van der Waals surface area contributed by atoms with Crippen LogP contribution in [-0.4, -0.2) is 52.8 Å². The van der Waals surface area contributed by atoms with Gasteiger partial charge in [-0.25, -0.2) is 4.79 Å². The van der Waals surface area contributed by atoms with E-state index in [1.807, 2.05) is 11.0 Å². The van der Waals surface area contributed by atoms with E-state index >= 15 is 0 Å². The number of rotatable bonds is 7. The van der Waals surface area contributed by atoms with Crippen molar-refractivity contribution in [3.63, 3.8) is 0 Å². The second kappa shape index (κ2) is 8.60. The number of hydrogen-bond donors (Lipinski definition) is 3. The van der Waals surface area contributed by atoms with E-state index in [-0.39, 0.29) is 19.0 Å². The van der Waals surface area contributed by atoms with Crippen LogP contribution in [0.3, 0.4) is 0 Å². The number of nitrogens with zero attached hydrogens (tertiary/aromatic N) is 2. The number of urea groups is 1. The van der Waals surface area contributed by atoms with E-state index in [0.29, 0.717) is 18.5 Å². The molecule has 2 atom stereocenters. The van der Waals surface area contributed by atoms with Gasteiger partial charge in [0.05, 0.1) is 6.54 Å². The Morgan fingerprint density at radius 3 is 2.62 bits per heavy atom. The van der Waals surface area contributed by atoms with Crippen molar-refractivity contribution in [2.24, 2.45) is 5.73 Å². The highest BCUT2D eigenvalue weighted by Gasteiger charge is 2.52. The molecule has 2 heterocycles. The maximum absolute atomic E-state index is 13.1. The summed E-state index contributed by atoms with van der Waals surface area (Å²) in [7, 11) is 0. The van der Waals surface area contributed by atoms with E-state index < -0.39 is 29.3 Å². The van der Waals surface area contributed by atoms with Gasteiger partial charge >= 0.3 is 6.03 Å². The predicted octanol–water partition coefficient (Wildman–Crippen LogP) is 0.605. The molecule has 5 amide bonds. The normalized spacial score (nSPS) is 25.0. The van der Waals surface area contributed by atoms with Crippen LogP contribution in [-0.2, 0) is 19.9 Å². The van der Waals surface area contributed by atoms with E-state index in [1.54, 1.807) is 31.2 Å². The van der Waals surface area contributed by atoms with Crippen LogP contribution in [0.1, 0.15) is 44.6 Å². The van der Waals surface area contributed by atoms with Gasteiger partial charge < -0.3 is 11.1 Å². The fraction of sp³-hybridized carbons (Fsp3) is 0.500. The number of nitrogens with two attached hydrogens (primary N) is 1. The fourth-order valence-electron chi connectivity index (χ4n) is 4.11. The van der Waals surface area contributed by atoms with Gasteiger partial charge in [0.25, 0.3) is 11.8 Å². The van der Waals surface area contributed by atoms with Crippen LogP contribution >= 0.6 is 0 Å². The summed E-state index contributed by atoms with van der Waals surface area (Å²) >= 11 is 0. The molecule has 0 radical (unpaired) electrons. The Balaban J connectivity index is 1.69. The molecule has 2 aliphatic rings. The predicted molar refractivity (Wildman–Crippen MR) is 105 cm³/mol. The van der Waals surface area contributed by atoms with E-state index in [9.17, 15) is 19.2 Å². The first-order valence-electron chi connectivity index (χ1n) is 9.91. The number of hydrogen-bond acceptors (Lipinski definition) is 5. The van der Waals surface area contributed by atoms with Crippen molar-refractivity contribution >= 4 is 23.8 Å². The number of likely N-dealkylation sites (tertiary alicyclic amines) is 1. The number of carbonyl (C=O) groups excluding carboxylic acids is 4. The Labute approximate surface area is 169 Å². The van der Waals surface area contributed by atoms with Crippen LogP contribution in [0.2, 0.25) is 0 Å². The van der Waals surface area contributed by atoms with Crippen LogP contribution in [0.5, 0.6) is 0 Å². The quantitative estimate of drug-likeness (QED) is 0.577. The van der Waals surface area contributed by atoms with E-state index in [2.05, 4.69) is 10.7 Å². The minimum absolute atomic E-state index is 0.0144. The van der Waals surface area contributed by atoms with Crippen molar-refractivity contribution in [2.75, 3.05) is 13.1 Å². The van der Waals surface area contributed by atoms with Gasteiger partial charge in [-0.15, -0.1) is 0 Å². The molecular weight excluding hydrogens is 374 g/mol. The van der Waals surface area contributed by atoms with Gasteiger partial charge in [-0.2, -0.15) is 5.01 Å². The highest BCUT2D eigenvalue weighted by Crippen LogP contribution is 2.31. The van der Waals surface area contributed by atoms with Crippen molar-refractivity contribution in [2.45, 2.75) is 50.6 Å². The lowest BCUT2D eigenvalue weighted by Crippen LogP contribution is -2.53. The highest BCUT2D eigenvalue weighted by atomic mass is 16.2. The molecule has 4 N–H and O–H groups in total. The Hall–Kier alpha value is -2.94. The molecule has 9 heteroatoms. The summed E-state index contributed by atoms with van der Waals surface area (Å²) in [5, 5.41) is 3.48. The third-order valence-corrected chi connectivity index (χ3v) is 5.66. The smallest absolute Gasteiger partial charge is 0.344 e. The number of piperidine rings is 1. The van der Waals surface area contributed by atoms with Crippen LogP contribution < -0.4 is 16.5 Å². The molecule has 0 saturated carbocycles. The maximum Gasteiger partial charge on any atom is 0.344 e. The van der Waals surface area contributed by atoms with Crippen LogP contribution in [0.4, 0.5) is 4.79 Å². The van der Waals surface area contributed by atoms with Gasteiger partial charge in [0.15, 0.2) is 0 Å². The zero-order valence-electron chi connectivity index (χ0n) is 16.5. The van der Waals surface area contributed by atoms with Gasteiger partial charge in [0, 0.05) is 12.5 Å². The number of nitrogens with one attached hydrogen (secondary N) is 2. The van der Waals surface area contributed by atoms with Crippen molar-refractivity contribution < 1.29 is 19.2 Å². The Bertz CT molecular complexity index is 799. The average Bonchev–Trinajstić information content (AvgIpc) is 2.95. The standard InChI is InChI=1S/C20H27N5O4/c1-2-20(14-8-4-3-5-9-14)18(28)25(19(29)22-20)23-17(27)13-24-11-7-6-10-15(24)12-16(21)26/h3-5,8-9,15H,2,6-7,10-13H2,1H3,(H2,21,26)(H,22,29)(H,23,27). The highest BCUT2D eigenvalue weighted by molar-refractivity contribution is 6.08. The SMILES string of the molecule is CCC1(c2ccccc2)NC(=O)N(NC(=O)CN2CCCCC2CC(N)=O)C1=O. The van der Waals surface area contributed by atoms with Crippen LogP contribution in [0, 0.1) is 0 Å². The Kier molecular flexibility index (Phi) is 6.17. The Morgan fingerprint density at radius 2 is 1.97 bits per heavy atom. The average molecular weight is 401 g/mol. The first-order valence-corrected chi connectivity index (χ1v) is 9.91. The van der Waals surface area contributed by atoms with Crippen molar-refractivity contribution in [1.29, 1.82) is 0 Å². The summed E-state index contributed by atoms with van der Waals surface area (Å²) in [6, 6.07) is 8.19. The van der Waals surface area contributed by atoms with Crippen molar-refractivity contribution in [1.82, 2.24) is 20.7 Å². The lowest BCUT2D eigenvalue weighted by atomic mass is 9.87. The Morgan fingerprint density at radius 1 is 1.24 bits per heavy atom. The summed E-state index contributed by atoms with van der Waals surface area (Å²) in [4.78, 5) is 51.3. The second-order valence-electron chi connectivity index (χ2n) is 7.52. The molecule has 1 aromatic rings. The first kappa shape index (κ1) is 20.8. The zero-order chi connectivity index (χ0) is 21.0. The van der Waals surface area contributed by atoms with Gasteiger partial charge in [-0.1, -0.05) is 43.7 Å². The monoisotopic (exact) mass is 401 g/mol. The summed E-state index contributed by atoms with van der Waals surface area (Å²) in [5.74, 6) is -1.41. The molecule has 2 unspecified atom stereocenters. The number of benzene rings is 1. The molecule has 0 spiro atoms. The van der Waals surface area contributed by atoms with Crippen molar-refractivity contribution in [3.05, 3.63) is 35.9 Å². The molecule has 2 fully saturated rings. The van der Waals surface area contributed by atoms with Gasteiger partial charge in [-0.3, -0.25) is 24.7 Å². The lowest BCUT2D eigenvalue weighted by molar-refractivity contribution is -0.140. The molecule has 0 aromatic heterocycles. The number of imide groups is 1. The number of primary amides is 1. The zero-order valence-corrected chi connectivity index (χ0v) is 16.5. The van der Waals surface area contributed by atoms with Crippen molar-refractivity contribution in [3.8, 4) is 0 Å². The molecule has 1 aromatic carbocycles.